The van der Waals surface area contributed by atoms with E-state index < -0.39 is 0 Å². The van der Waals surface area contributed by atoms with Crippen molar-refractivity contribution in [3.8, 4) is 0 Å². The summed E-state index contributed by atoms with van der Waals surface area (Å²) in [7, 11) is 1.81. The van der Waals surface area contributed by atoms with Crippen LogP contribution in [0.5, 0.6) is 0 Å². The zero-order valence-electron chi connectivity index (χ0n) is 15.0. The summed E-state index contributed by atoms with van der Waals surface area (Å²) in [6.45, 7) is 2.01. The molecule has 0 aliphatic carbocycles. The van der Waals surface area contributed by atoms with Crippen molar-refractivity contribution in [3.05, 3.63) is 107 Å². The molecule has 1 amide bonds. The van der Waals surface area contributed by atoms with E-state index in [-0.39, 0.29) is 17.8 Å². The van der Waals surface area contributed by atoms with Crippen LogP contribution in [0.2, 0.25) is 0 Å². The van der Waals surface area contributed by atoms with E-state index in [0.717, 1.165) is 22.3 Å². The third kappa shape index (κ3) is 3.99. The molecule has 132 valence electrons. The maximum Gasteiger partial charge on any atom is 0.227 e. The van der Waals surface area contributed by atoms with Gasteiger partial charge < -0.3 is 4.90 Å². The predicted octanol–water partition coefficient (Wildman–Crippen LogP) is 4.92. The fraction of sp³-hybridized carbons (Fsp3) is 0.174. The second-order valence-electron chi connectivity index (χ2n) is 6.47. The topological polar surface area (TPSA) is 20.3 Å². The summed E-state index contributed by atoms with van der Waals surface area (Å²) in [5.74, 6) is -0.257. The number of benzene rings is 3. The molecule has 2 nitrogen and oxygen atoms in total. The number of aryl methyl sites for hydroxylation is 1. The van der Waals surface area contributed by atoms with Crippen LogP contribution in [-0.4, -0.2) is 17.9 Å². The van der Waals surface area contributed by atoms with Gasteiger partial charge in [-0.3, -0.25) is 4.79 Å². The van der Waals surface area contributed by atoms with Gasteiger partial charge in [-0.05, 0) is 41.3 Å². The van der Waals surface area contributed by atoms with Crippen LogP contribution in [-0.2, 0) is 11.2 Å². The van der Waals surface area contributed by atoms with Gasteiger partial charge >= 0.3 is 0 Å². The zero-order chi connectivity index (χ0) is 18.5. The van der Waals surface area contributed by atoms with Gasteiger partial charge in [-0.15, -0.1) is 0 Å². The number of nitrogens with zero attached hydrogens (tertiary/aromatic N) is 1. The Kier molecular flexibility index (Phi) is 5.47. The van der Waals surface area contributed by atoms with Crippen molar-refractivity contribution < 1.29 is 9.18 Å². The highest BCUT2D eigenvalue weighted by Crippen LogP contribution is 2.28. The van der Waals surface area contributed by atoms with Gasteiger partial charge in [0.1, 0.15) is 5.82 Å². The van der Waals surface area contributed by atoms with Crippen LogP contribution in [0.3, 0.4) is 0 Å². The highest BCUT2D eigenvalue weighted by atomic mass is 19.1. The van der Waals surface area contributed by atoms with Crippen molar-refractivity contribution in [2.75, 3.05) is 7.05 Å². The molecule has 3 rings (SSSR count). The monoisotopic (exact) mass is 347 g/mol. The van der Waals surface area contributed by atoms with Crippen LogP contribution in [0, 0.1) is 12.7 Å². The van der Waals surface area contributed by atoms with Gasteiger partial charge in [-0.1, -0.05) is 66.7 Å². The van der Waals surface area contributed by atoms with Gasteiger partial charge in [0.2, 0.25) is 5.91 Å². The highest BCUT2D eigenvalue weighted by molar-refractivity contribution is 5.79. The van der Waals surface area contributed by atoms with Crippen molar-refractivity contribution in [2.45, 2.75) is 19.4 Å². The predicted molar refractivity (Wildman–Crippen MR) is 102 cm³/mol. The maximum absolute atomic E-state index is 13.4. The zero-order valence-corrected chi connectivity index (χ0v) is 15.0. The molecule has 3 aromatic rings. The molecule has 0 fully saturated rings. The fourth-order valence-electron chi connectivity index (χ4n) is 3.16. The van der Waals surface area contributed by atoms with E-state index in [1.54, 1.807) is 17.0 Å². The molecule has 0 aromatic heterocycles. The van der Waals surface area contributed by atoms with Gasteiger partial charge in [0, 0.05) is 7.05 Å². The summed E-state index contributed by atoms with van der Waals surface area (Å²) in [6.07, 6.45) is 0.341. The molecular formula is C23H22FNO. The smallest absolute Gasteiger partial charge is 0.227 e. The average molecular weight is 347 g/mol. The minimum atomic E-state index is -0.283. The summed E-state index contributed by atoms with van der Waals surface area (Å²) in [4.78, 5) is 14.7. The quantitative estimate of drug-likeness (QED) is 0.641. The van der Waals surface area contributed by atoms with E-state index in [1.165, 1.54) is 12.1 Å². The third-order valence-corrected chi connectivity index (χ3v) is 4.68. The van der Waals surface area contributed by atoms with Crippen LogP contribution in [0.4, 0.5) is 4.39 Å². The molecule has 0 heterocycles. The Morgan fingerprint density at radius 2 is 1.46 bits per heavy atom. The molecular weight excluding hydrogens is 325 g/mol. The first-order valence-electron chi connectivity index (χ1n) is 8.67. The number of carbonyl (C=O) groups is 1. The summed E-state index contributed by atoms with van der Waals surface area (Å²) in [5, 5.41) is 0. The minimum absolute atomic E-state index is 0.0254. The Labute approximate surface area is 153 Å². The molecule has 1 unspecified atom stereocenters. The molecule has 1 atom stereocenters. The molecule has 0 aliphatic heterocycles. The molecule has 0 saturated heterocycles. The Hall–Kier alpha value is -2.94. The maximum atomic E-state index is 13.4. The molecule has 0 aliphatic rings. The summed E-state index contributed by atoms with van der Waals surface area (Å²) in [5.41, 5.74) is 4.01. The molecule has 0 spiro atoms. The van der Waals surface area contributed by atoms with E-state index in [0.29, 0.717) is 6.42 Å². The standard InChI is InChI=1S/C23H22FNO/c1-17-8-6-7-11-20(17)16-22(26)25(2)23(18-9-4-3-5-10-18)19-12-14-21(24)15-13-19/h3-15,23H,16H2,1-2H3. The second kappa shape index (κ2) is 7.96. The van der Waals surface area contributed by atoms with Crippen molar-refractivity contribution in [1.82, 2.24) is 4.90 Å². The minimum Gasteiger partial charge on any atom is -0.334 e. The van der Waals surface area contributed by atoms with E-state index in [9.17, 15) is 9.18 Å². The number of hydrogen-bond acceptors (Lipinski definition) is 1. The van der Waals surface area contributed by atoms with E-state index in [4.69, 9.17) is 0 Å². The van der Waals surface area contributed by atoms with Gasteiger partial charge in [0.15, 0.2) is 0 Å². The van der Waals surface area contributed by atoms with Crippen LogP contribution >= 0.6 is 0 Å². The van der Waals surface area contributed by atoms with Crippen LogP contribution in [0.1, 0.15) is 28.3 Å². The molecule has 0 N–H and O–H groups in total. The van der Waals surface area contributed by atoms with Crippen LogP contribution < -0.4 is 0 Å². The van der Waals surface area contributed by atoms with Crippen molar-refractivity contribution in [1.29, 1.82) is 0 Å². The fourth-order valence-corrected chi connectivity index (χ4v) is 3.16. The average Bonchev–Trinajstić information content (AvgIpc) is 2.66. The SMILES string of the molecule is Cc1ccccc1CC(=O)N(C)C(c1ccccc1)c1ccc(F)cc1. The Bertz CT molecular complexity index is 874. The van der Waals surface area contributed by atoms with Crippen molar-refractivity contribution >= 4 is 5.91 Å². The number of rotatable bonds is 5. The lowest BCUT2D eigenvalue weighted by Crippen LogP contribution is -2.33. The van der Waals surface area contributed by atoms with Gasteiger partial charge in [0.25, 0.3) is 0 Å². The number of carbonyl (C=O) groups excluding carboxylic acids is 1. The molecule has 3 aromatic carbocycles. The lowest BCUT2D eigenvalue weighted by Gasteiger charge is -2.29. The van der Waals surface area contributed by atoms with Crippen LogP contribution in [0.15, 0.2) is 78.9 Å². The molecule has 0 radical (unpaired) electrons. The van der Waals surface area contributed by atoms with Gasteiger partial charge in [-0.2, -0.15) is 0 Å². The Balaban J connectivity index is 1.92. The molecule has 3 heteroatoms. The van der Waals surface area contributed by atoms with E-state index in [1.807, 2.05) is 68.6 Å². The first-order chi connectivity index (χ1) is 12.6. The summed E-state index contributed by atoms with van der Waals surface area (Å²) < 4.78 is 13.4. The molecule has 0 saturated carbocycles. The summed E-state index contributed by atoms with van der Waals surface area (Å²) in [6, 6.07) is 23.8. The third-order valence-electron chi connectivity index (χ3n) is 4.68. The van der Waals surface area contributed by atoms with Gasteiger partial charge in [0.05, 0.1) is 12.5 Å². The second-order valence-corrected chi connectivity index (χ2v) is 6.47. The normalized spacial score (nSPS) is 11.8. The number of halogens is 1. The first kappa shape index (κ1) is 17.9. The van der Waals surface area contributed by atoms with E-state index >= 15 is 0 Å². The number of likely N-dealkylation sites (N-methyl/N-ethyl adjacent to an activating group) is 1. The molecule has 26 heavy (non-hydrogen) atoms. The summed E-state index contributed by atoms with van der Waals surface area (Å²) >= 11 is 0. The van der Waals surface area contributed by atoms with Gasteiger partial charge in [-0.25, -0.2) is 4.39 Å². The largest absolute Gasteiger partial charge is 0.334 e. The van der Waals surface area contributed by atoms with Crippen LogP contribution in [0.25, 0.3) is 0 Å². The first-order valence-corrected chi connectivity index (χ1v) is 8.67. The lowest BCUT2D eigenvalue weighted by atomic mass is 9.96. The Morgan fingerprint density at radius 1 is 0.885 bits per heavy atom. The highest BCUT2D eigenvalue weighted by Gasteiger charge is 2.23. The number of amides is 1. The molecule has 0 bridgehead atoms. The van der Waals surface area contributed by atoms with E-state index in [2.05, 4.69) is 0 Å². The number of hydrogen-bond donors (Lipinski definition) is 0. The Morgan fingerprint density at radius 3 is 2.12 bits per heavy atom. The van der Waals surface area contributed by atoms with Crippen molar-refractivity contribution in [3.63, 3.8) is 0 Å². The van der Waals surface area contributed by atoms with Crippen molar-refractivity contribution in [2.24, 2.45) is 0 Å². The lowest BCUT2D eigenvalue weighted by molar-refractivity contribution is -0.130.